The van der Waals surface area contributed by atoms with Crippen LogP contribution >= 0.6 is 0 Å². The topological polar surface area (TPSA) is 20.2 Å². The van der Waals surface area contributed by atoms with Crippen LogP contribution in [0, 0.1) is 12.3 Å². The van der Waals surface area contributed by atoms with Gasteiger partial charge in [0.05, 0.1) is 0 Å². The normalized spacial score (nSPS) is 11.1. The van der Waals surface area contributed by atoms with Gasteiger partial charge in [-0.15, -0.1) is 6.42 Å². The number of aliphatic hydroxyl groups is 1. The number of unbranched alkanes of at least 4 members (excludes halogenated alkanes) is 1. The molecular weight excluding hydrogens is 131 g/mol. The van der Waals surface area contributed by atoms with E-state index in [1.807, 2.05) is 0 Å². The zero-order chi connectivity index (χ0) is 7.82. The molecule has 0 aliphatic carbocycles. The standard InChI is InChI=1S/C8H11FO/c1-2-5-8(9)6-3-4-7-10/h1,5,10H,3-4,6-7H2/b8-5+. The zero-order valence-electron chi connectivity index (χ0n) is 5.81. The molecule has 0 rings (SSSR count). The molecule has 56 valence electrons. The van der Waals surface area contributed by atoms with E-state index in [1.165, 1.54) is 0 Å². The minimum absolute atomic E-state index is 0.114. The van der Waals surface area contributed by atoms with Gasteiger partial charge in [-0.05, 0) is 19.3 Å². The molecule has 0 aromatic heterocycles. The summed E-state index contributed by atoms with van der Waals surface area (Å²) in [4.78, 5) is 0. The monoisotopic (exact) mass is 142 g/mol. The summed E-state index contributed by atoms with van der Waals surface area (Å²) >= 11 is 0. The largest absolute Gasteiger partial charge is 0.396 e. The van der Waals surface area contributed by atoms with Crippen LogP contribution in [0.4, 0.5) is 4.39 Å². The number of hydrogen-bond acceptors (Lipinski definition) is 1. The Morgan fingerprint density at radius 3 is 2.80 bits per heavy atom. The lowest BCUT2D eigenvalue weighted by Gasteiger charge is -1.92. The van der Waals surface area contributed by atoms with Gasteiger partial charge in [0, 0.05) is 12.7 Å². The fourth-order valence-corrected chi connectivity index (χ4v) is 0.568. The van der Waals surface area contributed by atoms with Crippen molar-refractivity contribution in [3.05, 3.63) is 11.9 Å². The SMILES string of the molecule is C#C/C=C(/F)CCCCO. The highest BCUT2D eigenvalue weighted by atomic mass is 19.1. The van der Waals surface area contributed by atoms with Gasteiger partial charge in [-0.1, -0.05) is 5.92 Å². The molecule has 0 aliphatic heterocycles. The lowest BCUT2D eigenvalue weighted by Crippen LogP contribution is -1.82. The highest BCUT2D eigenvalue weighted by Gasteiger charge is 1.92. The molecule has 0 radical (unpaired) electrons. The van der Waals surface area contributed by atoms with E-state index < -0.39 is 0 Å². The number of hydrogen-bond donors (Lipinski definition) is 1. The fraction of sp³-hybridized carbons (Fsp3) is 0.500. The van der Waals surface area contributed by atoms with Gasteiger partial charge >= 0.3 is 0 Å². The molecular formula is C8H11FO. The van der Waals surface area contributed by atoms with E-state index in [-0.39, 0.29) is 12.4 Å². The maximum Gasteiger partial charge on any atom is 0.108 e. The Morgan fingerprint density at radius 1 is 1.60 bits per heavy atom. The van der Waals surface area contributed by atoms with E-state index in [4.69, 9.17) is 11.5 Å². The molecule has 0 aromatic carbocycles. The highest BCUT2D eigenvalue weighted by molar-refractivity contribution is 5.12. The summed E-state index contributed by atoms with van der Waals surface area (Å²) in [5.74, 6) is 1.81. The summed E-state index contributed by atoms with van der Waals surface area (Å²) in [5.41, 5.74) is 0. The summed E-state index contributed by atoms with van der Waals surface area (Å²) < 4.78 is 12.4. The molecule has 0 heterocycles. The minimum atomic E-state index is -0.282. The van der Waals surface area contributed by atoms with Gasteiger partial charge in [-0.3, -0.25) is 0 Å². The molecule has 0 aromatic rings. The maximum atomic E-state index is 12.4. The van der Waals surface area contributed by atoms with Gasteiger partial charge in [0.2, 0.25) is 0 Å². The lowest BCUT2D eigenvalue weighted by molar-refractivity contribution is 0.283. The van der Waals surface area contributed by atoms with Crippen molar-refractivity contribution >= 4 is 0 Å². The van der Waals surface area contributed by atoms with Gasteiger partial charge in [0.15, 0.2) is 0 Å². The number of halogens is 1. The molecule has 0 fully saturated rings. The number of terminal acetylenes is 1. The fourth-order valence-electron chi connectivity index (χ4n) is 0.568. The van der Waals surface area contributed by atoms with Gasteiger partial charge in [0.1, 0.15) is 5.83 Å². The molecule has 0 saturated heterocycles. The third-order valence-corrected chi connectivity index (χ3v) is 1.06. The predicted molar refractivity (Wildman–Crippen MR) is 39.0 cm³/mol. The van der Waals surface area contributed by atoms with Gasteiger partial charge < -0.3 is 5.11 Å². The van der Waals surface area contributed by atoms with E-state index in [0.717, 1.165) is 6.08 Å². The van der Waals surface area contributed by atoms with Crippen LogP contribution < -0.4 is 0 Å². The average Bonchev–Trinajstić information content (AvgIpc) is 1.89. The van der Waals surface area contributed by atoms with Crippen LogP contribution in [0.15, 0.2) is 11.9 Å². The van der Waals surface area contributed by atoms with Crippen molar-refractivity contribution in [3.63, 3.8) is 0 Å². The van der Waals surface area contributed by atoms with Gasteiger partial charge in [0.25, 0.3) is 0 Å². The van der Waals surface area contributed by atoms with Crippen LogP contribution in [0.1, 0.15) is 19.3 Å². The van der Waals surface area contributed by atoms with Crippen molar-refractivity contribution in [2.24, 2.45) is 0 Å². The number of rotatable bonds is 4. The van der Waals surface area contributed by atoms with E-state index in [2.05, 4.69) is 5.92 Å². The second-order valence-electron chi connectivity index (χ2n) is 1.94. The molecule has 0 bridgehead atoms. The Labute approximate surface area is 60.6 Å². The van der Waals surface area contributed by atoms with Crippen LogP contribution in [0.3, 0.4) is 0 Å². The number of aliphatic hydroxyl groups excluding tert-OH is 1. The lowest BCUT2D eigenvalue weighted by atomic mass is 10.2. The zero-order valence-corrected chi connectivity index (χ0v) is 5.81. The Morgan fingerprint density at radius 2 is 2.30 bits per heavy atom. The molecule has 0 amide bonds. The smallest absolute Gasteiger partial charge is 0.108 e. The van der Waals surface area contributed by atoms with E-state index in [1.54, 1.807) is 0 Å². The Balaban J connectivity index is 3.32. The molecule has 0 spiro atoms. The predicted octanol–water partition coefficient (Wildman–Crippen LogP) is 1.64. The third kappa shape index (κ3) is 5.33. The summed E-state index contributed by atoms with van der Waals surface area (Å²) in [6.07, 6.45) is 7.55. The quantitative estimate of drug-likeness (QED) is 0.467. The van der Waals surface area contributed by atoms with E-state index >= 15 is 0 Å². The molecule has 0 aliphatic rings. The summed E-state index contributed by atoms with van der Waals surface area (Å²) in [5, 5.41) is 8.33. The first-order chi connectivity index (χ1) is 4.81. The maximum absolute atomic E-state index is 12.4. The summed E-state index contributed by atoms with van der Waals surface area (Å²) in [6.45, 7) is 0.114. The molecule has 0 unspecified atom stereocenters. The van der Waals surface area contributed by atoms with Crippen molar-refractivity contribution < 1.29 is 9.50 Å². The summed E-state index contributed by atoms with van der Waals surface area (Å²) in [6, 6.07) is 0. The minimum Gasteiger partial charge on any atom is -0.396 e. The van der Waals surface area contributed by atoms with Crippen molar-refractivity contribution in [2.45, 2.75) is 19.3 Å². The summed E-state index contributed by atoms with van der Waals surface area (Å²) in [7, 11) is 0. The van der Waals surface area contributed by atoms with Crippen LogP contribution in [0.2, 0.25) is 0 Å². The van der Waals surface area contributed by atoms with E-state index in [0.29, 0.717) is 19.3 Å². The third-order valence-electron chi connectivity index (χ3n) is 1.06. The molecule has 1 nitrogen and oxygen atoms in total. The molecule has 10 heavy (non-hydrogen) atoms. The molecule has 0 atom stereocenters. The van der Waals surface area contributed by atoms with Crippen LogP contribution in [-0.2, 0) is 0 Å². The van der Waals surface area contributed by atoms with Gasteiger partial charge in [-0.2, -0.15) is 0 Å². The van der Waals surface area contributed by atoms with Crippen molar-refractivity contribution in [2.75, 3.05) is 6.61 Å². The van der Waals surface area contributed by atoms with Crippen molar-refractivity contribution in [1.29, 1.82) is 0 Å². The Bertz CT molecular complexity index is 144. The second kappa shape index (κ2) is 6.31. The highest BCUT2D eigenvalue weighted by Crippen LogP contribution is 2.06. The second-order valence-corrected chi connectivity index (χ2v) is 1.94. The number of allylic oxidation sites excluding steroid dienone is 2. The van der Waals surface area contributed by atoms with Gasteiger partial charge in [-0.25, -0.2) is 4.39 Å². The van der Waals surface area contributed by atoms with Crippen molar-refractivity contribution in [3.8, 4) is 12.3 Å². The average molecular weight is 142 g/mol. The molecule has 1 N–H and O–H groups in total. The van der Waals surface area contributed by atoms with Crippen LogP contribution in [-0.4, -0.2) is 11.7 Å². The Hall–Kier alpha value is -0.810. The molecule has 2 heteroatoms. The first-order valence-corrected chi connectivity index (χ1v) is 3.22. The Kier molecular flexibility index (Phi) is 5.80. The first kappa shape index (κ1) is 9.19. The van der Waals surface area contributed by atoms with Crippen LogP contribution in [0.25, 0.3) is 0 Å². The molecule has 0 saturated carbocycles. The van der Waals surface area contributed by atoms with Crippen molar-refractivity contribution in [1.82, 2.24) is 0 Å². The van der Waals surface area contributed by atoms with Crippen LogP contribution in [0.5, 0.6) is 0 Å². The first-order valence-electron chi connectivity index (χ1n) is 3.22. The van der Waals surface area contributed by atoms with E-state index in [9.17, 15) is 4.39 Å².